The Bertz CT molecular complexity index is 683. The minimum absolute atomic E-state index is 0.165. The van der Waals surface area contributed by atoms with Gasteiger partial charge in [0, 0.05) is 23.5 Å². The number of aryl methyl sites for hydroxylation is 1. The number of carbonyl (C=O) groups is 1. The number of carboxylic acid groups (broad SMARTS) is 1. The van der Waals surface area contributed by atoms with Gasteiger partial charge in [-0.25, -0.2) is 0 Å². The number of H-pyrrole nitrogens is 1. The van der Waals surface area contributed by atoms with Gasteiger partial charge in [-0.2, -0.15) is 5.10 Å². The van der Waals surface area contributed by atoms with Crippen molar-refractivity contribution in [2.75, 3.05) is 6.54 Å². The second kappa shape index (κ2) is 7.00. The molecule has 0 bridgehead atoms. The van der Waals surface area contributed by atoms with Crippen molar-refractivity contribution in [3.63, 3.8) is 0 Å². The summed E-state index contributed by atoms with van der Waals surface area (Å²) in [6.45, 7) is 2.57. The highest BCUT2D eigenvalue weighted by molar-refractivity contribution is 5.83. The molecule has 1 aliphatic carbocycles. The Kier molecular flexibility index (Phi) is 4.81. The lowest BCUT2D eigenvalue weighted by atomic mass is 9.92. The normalized spacial score (nSPS) is 21.4. The standard InChI is InChI=1S/C17H23N3O3/c1-11-14-10-19-20-15(14)5-6-16(11)23-13-4-2-3-12(9-13)18-8-7-17(21)22/h5-6,10,12-13,18H,2-4,7-9H2,1H3,(H,19,20)(H,21,22)/t12-,13+/m1/s1. The highest BCUT2D eigenvalue weighted by Crippen LogP contribution is 2.29. The Labute approximate surface area is 135 Å². The maximum Gasteiger partial charge on any atom is 0.304 e. The Morgan fingerprint density at radius 1 is 1.48 bits per heavy atom. The van der Waals surface area contributed by atoms with Crippen molar-refractivity contribution in [3.8, 4) is 5.75 Å². The van der Waals surface area contributed by atoms with Crippen molar-refractivity contribution in [2.45, 2.75) is 51.2 Å². The zero-order chi connectivity index (χ0) is 16.2. The topological polar surface area (TPSA) is 87.2 Å². The van der Waals surface area contributed by atoms with Gasteiger partial charge in [0.25, 0.3) is 0 Å². The number of aromatic amines is 1. The van der Waals surface area contributed by atoms with Crippen LogP contribution in [0, 0.1) is 6.92 Å². The van der Waals surface area contributed by atoms with Crippen LogP contribution in [0.1, 0.15) is 37.7 Å². The Morgan fingerprint density at radius 2 is 2.35 bits per heavy atom. The molecule has 0 aliphatic heterocycles. The molecule has 6 nitrogen and oxygen atoms in total. The molecule has 1 saturated carbocycles. The molecule has 1 aliphatic rings. The molecule has 124 valence electrons. The molecule has 1 fully saturated rings. The van der Waals surface area contributed by atoms with Gasteiger partial charge in [0.1, 0.15) is 11.9 Å². The molecular weight excluding hydrogens is 294 g/mol. The first kappa shape index (κ1) is 15.8. The molecule has 23 heavy (non-hydrogen) atoms. The fraction of sp³-hybridized carbons (Fsp3) is 0.529. The average molecular weight is 317 g/mol. The van der Waals surface area contributed by atoms with Crippen LogP contribution in [-0.2, 0) is 4.79 Å². The highest BCUT2D eigenvalue weighted by atomic mass is 16.5. The van der Waals surface area contributed by atoms with Crippen LogP contribution in [0.2, 0.25) is 0 Å². The molecule has 1 aromatic carbocycles. The lowest BCUT2D eigenvalue weighted by Gasteiger charge is -2.30. The summed E-state index contributed by atoms with van der Waals surface area (Å²) >= 11 is 0. The first-order valence-corrected chi connectivity index (χ1v) is 8.18. The van der Waals surface area contributed by atoms with Gasteiger partial charge in [-0.05, 0) is 44.7 Å². The smallest absolute Gasteiger partial charge is 0.304 e. The predicted octanol–water partition coefficient (Wildman–Crippen LogP) is 2.63. The van der Waals surface area contributed by atoms with Gasteiger partial charge in [0.2, 0.25) is 0 Å². The van der Waals surface area contributed by atoms with Crippen LogP contribution in [0.5, 0.6) is 5.75 Å². The maximum absolute atomic E-state index is 10.6. The van der Waals surface area contributed by atoms with Gasteiger partial charge in [0.05, 0.1) is 18.1 Å². The number of carboxylic acids is 1. The Morgan fingerprint density at radius 3 is 3.17 bits per heavy atom. The third kappa shape index (κ3) is 3.82. The summed E-state index contributed by atoms with van der Waals surface area (Å²) in [5.74, 6) is 0.153. The van der Waals surface area contributed by atoms with Gasteiger partial charge in [-0.1, -0.05) is 0 Å². The van der Waals surface area contributed by atoms with Crippen LogP contribution >= 0.6 is 0 Å². The van der Waals surface area contributed by atoms with E-state index in [1.54, 1.807) is 0 Å². The number of nitrogens with zero attached hydrogens (tertiary/aromatic N) is 1. The number of hydrogen-bond acceptors (Lipinski definition) is 4. The van der Waals surface area contributed by atoms with E-state index in [2.05, 4.69) is 22.4 Å². The number of benzene rings is 1. The van der Waals surface area contributed by atoms with E-state index in [9.17, 15) is 4.79 Å². The van der Waals surface area contributed by atoms with Crippen molar-refractivity contribution >= 4 is 16.9 Å². The number of fused-ring (bicyclic) bond motifs is 1. The number of nitrogens with one attached hydrogen (secondary N) is 2. The largest absolute Gasteiger partial charge is 0.490 e. The number of ether oxygens (including phenoxy) is 1. The minimum Gasteiger partial charge on any atom is -0.490 e. The number of rotatable bonds is 6. The molecule has 3 rings (SSSR count). The number of hydrogen-bond donors (Lipinski definition) is 3. The Hall–Kier alpha value is -2.08. The van der Waals surface area contributed by atoms with E-state index in [4.69, 9.17) is 9.84 Å². The van der Waals surface area contributed by atoms with E-state index in [1.807, 2.05) is 18.3 Å². The second-order valence-corrected chi connectivity index (χ2v) is 6.22. The van der Waals surface area contributed by atoms with E-state index >= 15 is 0 Å². The molecule has 0 radical (unpaired) electrons. The molecule has 0 unspecified atom stereocenters. The lowest BCUT2D eigenvalue weighted by molar-refractivity contribution is -0.136. The molecule has 0 amide bonds. The summed E-state index contributed by atoms with van der Waals surface area (Å²) in [7, 11) is 0. The zero-order valence-electron chi connectivity index (χ0n) is 13.3. The van der Waals surface area contributed by atoms with Gasteiger partial charge >= 0.3 is 5.97 Å². The van der Waals surface area contributed by atoms with Gasteiger partial charge < -0.3 is 15.2 Å². The number of aliphatic carboxylic acids is 1. The summed E-state index contributed by atoms with van der Waals surface area (Å²) < 4.78 is 6.22. The highest BCUT2D eigenvalue weighted by Gasteiger charge is 2.23. The summed E-state index contributed by atoms with van der Waals surface area (Å²) in [6.07, 6.45) is 6.31. The van der Waals surface area contributed by atoms with E-state index in [-0.39, 0.29) is 12.5 Å². The summed E-state index contributed by atoms with van der Waals surface area (Å²) in [6, 6.07) is 4.33. The van der Waals surface area contributed by atoms with Gasteiger partial charge in [-0.3, -0.25) is 9.89 Å². The fourth-order valence-corrected chi connectivity index (χ4v) is 3.27. The third-order valence-electron chi connectivity index (χ3n) is 4.54. The van der Waals surface area contributed by atoms with E-state index in [1.165, 1.54) is 0 Å². The summed E-state index contributed by atoms with van der Waals surface area (Å²) in [5, 5.41) is 20.2. The van der Waals surface area contributed by atoms with Crippen molar-refractivity contribution in [3.05, 3.63) is 23.9 Å². The van der Waals surface area contributed by atoms with Crippen molar-refractivity contribution < 1.29 is 14.6 Å². The molecule has 0 spiro atoms. The molecule has 3 N–H and O–H groups in total. The minimum atomic E-state index is -0.759. The summed E-state index contributed by atoms with van der Waals surface area (Å²) in [4.78, 5) is 10.6. The van der Waals surface area contributed by atoms with E-state index in [0.717, 1.165) is 47.9 Å². The first-order valence-electron chi connectivity index (χ1n) is 8.18. The molecular formula is C17H23N3O3. The molecule has 1 heterocycles. The van der Waals surface area contributed by atoms with Crippen molar-refractivity contribution in [1.29, 1.82) is 0 Å². The molecule has 2 aromatic rings. The van der Waals surface area contributed by atoms with E-state index < -0.39 is 5.97 Å². The van der Waals surface area contributed by atoms with Gasteiger partial charge in [-0.15, -0.1) is 0 Å². The molecule has 0 saturated heterocycles. The maximum atomic E-state index is 10.6. The molecule has 1 aromatic heterocycles. The first-order chi connectivity index (χ1) is 11.1. The predicted molar refractivity (Wildman–Crippen MR) is 87.8 cm³/mol. The fourth-order valence-electron chi connectivity index (χ4n) is 3.27. The van der Waals surface area contributed by atoms with Crippen molar-refractivity contribution in [2.24, 2.45) is 0 Å². The molecule has 6 heteroatoms. The van der Waals surface area contributed by atoms with Crippen LogP contribution < -0.4 is 10.1 Å². The summed E-state index contributed by atoms with van der Waals surface area (Å²) in [5.41, 5.74) is 2.13. The van der Waals surface area contributed by atoms with Crippen LogP contribution in [0.25, 0.3) is 10.9 Å². The molecule has 2 atom stereocenters. The van der Waals surface area contributed by atoms with Crippen LogP contribution in [0.3, 0.4) is 0 Å². The van der Waals surface area contributed by atoms with Crippen LogP contribution in [0.4, 0.5) is 0 Å². The Balaban J connectivity index is 1.60. The van der Waals surface area contributed by atoms with Gasteiger partial charge in [0.15, 0.2) is 0 Å². The third-order valence-corrected chi connectivity index (χ3v) is 4.54. The lowest BCUT2D eigenvalue weighted by Crippen LogP contribution is -2.39. The quantitative estimate of drug-likeness (QED) is 0.762. The zero-order valence-corrected chi connectivity index (χ0v) is 13.3. The second-order valence-electron chi connectivity index (χ2n) is 6.22. The number of aromatic nitrogens is 2. The SMILES string of the molecule is Cc1c(O[C@H]2CCC[C@@H](NCCC(=O)O)C2)ccc2[nH]ncc12. The average Bonchev–Trinajstić information content (AvgIpc) is 3.00. The van der Waals surface area contributed by atoms with Crippen molar-refractivity contribution in [1.82, 2.24) is 15.5 Å². The van der Waals surface area contributed by atoms with Crippen LogP contribution in [0.15, 0.2) is 18.3 Å². The van der Waals surface area contributed by atoms with E-state index in [0.29, 0.717) is 12.6 Å². The van der Waals surface area contributed by atoms with Crippen LogP contribution in [-0.4, -0.2) is 40.0 Å². The monoisotopic (exact) mass is 317 g/mol.